The van der Waals surface area contributed by atoms with Gasteiger partial charge >= 0.3 is 0 Å². The summed E-state index contributed by atoms with van der Waals surface area (Å²) in [4.78, 5) is 38.6. The molecule has 0 aromatic heterocycles. The van der Waals surface area contributed by atoms with Crippen LogP contribution in [0.25, 0.3) is 6.08 Å². The molecule has 3 rings (SSSR count). The van der Waals surface area contributed by atoms with Crippen molar-refractivity contribution in [2.75, 3.05) is 34.4 Å². The molecule has 1 heterocycles. The van der Waals surface area contributed by atoms with Crippen LogP contribution in [-0.2, 0) is 4.79 Å². The van der Waals surface area contributed by atoms with E-state index in [2.05, 4.69) is 5.32 Å². The number of amides is 3. The van der Waals surface area contributed by atoms with Crippen LogP contribution in [0.2, 0.25) is 0 Å². The van der Waals surface area contributed by atoms with Crippen molar-refractivity contribution in [1.82, 2.24) is 10.2 Å². The van der Waals surface area contributed by atoms with E-state index >= 15 is 0 Å². The van der Waals surface area contributed by atoms with Gasteiger partial charge < -0.3 is 19.5 Å². The van der Waals surface area contributed by atoms with E-state index in [-0.39, 0.29) is 23.6 Å². The summed E-state index contributed by atoms with van der Waals surface area (Å²) in [6, 6.07) is 8.58. The zero-order chi connectivity index (χ0) is 23.3. The van der Waals surface area contributed by atoms with E-state index in [0.717, 1.165) is 16.7 Å². The molecule has 0 spiro atoms. The average Bonchev–Trinajstić information content (AvgIpc) is 3.06. The Morgan fingerprint density at radius 2 is 1.69 bits per heavy atom. The van der Waals surface area contributed by atoms with Crippen LogP contribution in [0.1, 0.15) is 15.9 Å². The number of hydrogen-bond donors (Lipinski definition) is 1. The van der Waals surface area contributed by atoms with Crippen LogP contribution in [0.3, 0.4) is 0 Å². The molecule has 32 heavy (non-hydrogen) atoms. The Labute approximate surface area is 188 Å². The van der Waals surface area contributed by atoms with Crippen LogP contribution in [0.5, 0.6) is 17.2 Å². The minimum Gasteiger partial charge on any atom is -0.493 e. The first-order valence-corrected chi connectivity index (χ1v) is 10.3. The van der Waals surface area contributed by atoms with Crippen molar-refractivity contribution in [2.24, 2.45) is 0 Å². The smallest absolute Gasteiger partial charge is 0.293 e. The van der Waals surface area contributed by atoms with Crippen LogP contribution in [0, 0.1) is 5.82 Å². The average molecular weight is 460 g/mol. The largest absolute Gasteiger partial charge is 0.493 e. The van der Waals surface area contributed by atoms with E-state index in [0.29, 0.717) is 22.8 Å². The number of carbonyl (C=O) groups is 3. The highest BCUT2D eigenvalue weighted by molar-refractivity contribution is 8.18. The minimum absolute atomic E-state index is 0.00158. The van der Waals surface area contributed by atoms with Gasteiger partial charge in [-0.15, -0.1) is 0 Å². The fraction of sp³-hybridized carbons (Fsp3) is 0.227. The lowest BCUT2D eigenvalue weighted by molar-refractivity contribution is -0.122. The Bertz CT molecular complexity index is 1050. The number of imide groups is 1. The molecule has 1 fully saturated rings. The quantitative estimate of drug-likeness (QED) is 0.604. The SMILES string of the molecule is COc1cc(C(=O)NCCN2C(=O)S/C(=C\c3ccc(F)cc3)C2=O)cc(OC)c1OC. The summed E-state index contributed by atoms with van der Waals surface area (Å²) in [5, 5.41) is 2.23. The van der Waals surface area contributed by atoms with Crippen molar-refractivity contribution in [3.05, 3.63) is 58.2 Å². The maximum Gasteiger partial charge on any atom is 0.293 e. The first-order valence-electron chi connectivity index (χ1n) is 9.47. The lowest BCUT2D eigenvalue weighted by Gasteiger charge is -2.15. The first-order chi connectivity index (χ1) is 15.4. The summed E-state index contributed by atoms with van der Waals surface area (Å²) in [5.74, 6) is -0.275. The molecule has 0 atom stereocenters. The van der Waals surface area contributed by atoms with Gasteiger partial charge in [-0.3, -0.25) is 19.3 Å². The van der Waals surface area contributed by atoms with Gasteiger partial charge in [0.05, 0.1) is 26.2 Å². The van der Waals surface area contributed by atoms with Gasteiger partial charge in [0.25, 0.3) is 17.1 Å². The molecule has 1 aliphatic heterocycles. The van der Waals surface area contributed by atoms with Crippen LogP contribution < -0.4 is 19.5 Å². The Hall–Kier alpha value is -3.53. The van der Waals surface area contributed by atoms with Gasteiger partial charge in [0, 0.05) is 18.7 Å². The third-order valence-electron chi connectivity index (χ3n) is 4.59. The summed E-state index contributed by atoms with van der Waals surface area (Å²) in [6.45, 7) is 0.0545. The Morgan fingerprint density at radius 3 is 2.25 bits per heavy atom. The zero-order valence-electron chi connectivity index (χ0n) is 17.6. The van der Waals surface area contributed by atoms with Crippen molar-refractivity contribution in [2.45, 2.75) is 0 Å². The molecule has 0 bridgehead atoms. The van der Waals surface area contributed by atoms with Gasteiger partial charge in [0.2, 0.25) is 5.75 Å². The summed E-state index contributed by atoms with van der Waals surface area (Å²) in [7, 11) is 4.34. The number of rotatable bonds is 8. The second kappa shape index (κ2) is 10.2. The molecule has 1 saturated heterocycles. The standard InChI is InChI=1S/C22H21FN2O6S/c1-29-16-11-14(12-17(30-2)19(16)31-3)20(26)24-8-9-25-21(27)18(32-22(25)28)10-13-4-6-15(23)7-5-13/h4-7,10-12H,8-9H2,1-3H3,(H,24,26)/b18-10-. The lowest BCUT2D eigenvalue weighted by atomic mass is 10.1. The van der Waals surface area contributed by atoms with E-state index in [1.54, 1.807) is 0 Å². The van der Waals surface area contributed by atoms with Crippen LogP contribution >= 0.6 is 11.8 Å². The van der Waals surface area contributed by atoms with Crippen LogP contribution in [0.4, 0.5) is 9.18 Å². The minimum atomic E-state index is -0.466. The van der Waals surface area contributed by atoms with Crippen LogP contribution in [-0.4, -0.2) is 56.4 Å². The molecular formula is C22H21FN2O6S. The van der Waals surface area contributed by atoms with Gasteiger partial charge in [-0.05, 0) is 47.7 Å². The molecule has 1 N–H and O–H groups in total. The molecule has 2 aromatic rings. The summed E-state index contributed by atoms with van der Waals surface area (Å²) in [5.41, 5.74) is 0.873. The van der Waals surface area contributed by atoms with Gasteiger partial charge in [-0.25, -0.2) is 4.39 Å². The molecule has 3 amide bonds. The van der Waals surface area contributed by atoms with E-state index in [9.17, 15) is 18.8 Å². The second-order valence-corrected chi connectivity index (χ2v) is 7.55. The molecule has 1 aliphatic rings. The number of benzene rings is 2. The van der Waals surface area contributed by atoms with Crippen molar-refractivity contribution in [3.63, 3.8) is 0 Å². The number of hydrogen-bond acceptors (Lipinski definition) is 7. The van der Waals surface area contributed by atoms with Crippen molar-refractivity contribution in [3.8, 4) is 17.2 Å². The Kier molecular flexibility index (Phi) is 7.37. The predicted molar refractivity (Wildman–Crippen MR) is 118 cm³/mol. The fourth-order valence-corrected chi connectivity index (χ4v) is 3.86. The maximum absolute atomic E-state index is 13.0. The summed E-state index contributed by atoms with van der Waals surface area (Å²) >= 11 is 0.795. The Balaban J connectivity index is 1.64. The number of halogens is 1. The number of methoxy groups -OCH3 is 3. The van der Waals surface area contributed by atoms with Gasteiger partial charge in [-0.1, -0.05) is 12.1 Å². The van der Waals surface area contributed by atoms with Gasteiger partial charge in [0.15, 0.2) is 11.5 Å². The fourth-order valence-electron chi connectivity index (χ4n) is 3.00. The summed E-state index contributed by atoms with van der Waals surface area (Å²) in [6.07, 6.45) is 1.53. The second-order valence-electron chi connectivity index (χ2n) is 6.55. The highest BCUT2D eigenvalue weighted by atomic mass is 32.2. The van der Waals surface area contributed by atoms with E-state index in [1.165, 1.54) is 63.8 Å². The molecule has 0 saturated carbocycles. The first kappa shape index (κ1) is 23.1. The topological polar surface area (TPSA) is 94.2 Å². The molecular weight excluding hydrogens is 439 g/mol. The van der Waals surface area contributed by atoms with E-state index in [1.807, 2.05) is 0 Å². The van der Waals surface area contributed by atoms with E-state index < -0.39 is 22.9 Å². The predicted octanol–water partition coefficient (Wildman–Crippen LogP) is 3.32. The van der Waals surface area contributed by atoms with Gasteiger partial charge in [0.1, 0.15) is 5.82 Å². The highest BCUT2D eigenvalue weighted by Crippen LogP contribution is 2.38. The number of nitrogens with one attached hydrogen (secondary N) is 1. The molecule has 10 heteroatoms. The zero-order valence-corrected chi connectivity index (χ0v) is 18.5. The monoisotopic (exact) mass is 460 g/mol. The van der Waals surface area contributed by atoms with Crippen LogP contribution in [0.15, 0.2) is 41.3 Å². The number of ether oxygens (including phenoxy) is 3. The molecule has 0 unspecified atom stereocenters. The van der Waals surface area contributed by atoms with Crippen molar-refractivity contribution < 1.29 is 33.0 Å². The molecule has 0 radical (unpaired) electrons. The third kappa shape index (κ3) is 5.02. The summed E-state index contributed by atoms with van der Waals surface area (Å²) < 4.78 is 28.8. The number of thioether (sulfide) groups is 1. The Morgan fingerprint density at radius 1 is 1.06 bits per heavy atom. The molecule has 0 aliphatic carbocycles. The molecule has 168 valence electrons. The van der Waals surface area contributed by atoms with E-state index in [4.69, 9.17) is 14.2 Å². The highest BCUT2D eigenvalue weighted by Gasteiger charge is 2.34. The molecule has 8 nitrogen and oxygen atoms in total. The molecule has 2 aromatic carbocycles. The van der Waals surface area contributed by atoms with Crippen molar-refractivity contribution in [1.29, 1.82) is 0 Å². The third-order valence-corrected chi connectivity index (χ3v) is 5.50. The van der Waals surface area contributed by atoms with Crippen molar-refractivity contribution >= 4 is 34.9 Å². The van der Waals surface area contributed by atoms with Gasteiger partial charge in [-0.2, -0.15) is 0 Å². The number of nitrogens with zero attached hydrogens (tertiary/aromatic N) is 1. The maximum atomic E-state index is 13.0. The lowest BCUT2D eigenvalue weighted by Crippen LogP contribution is -2.37. The number of carbonyl (C=O) groups excluding carboxylic acids is 3. The normalized spacial score (nSPS) is 14.6.